The monoisotopic (exact) mass is 306 g/mol. The highest BCUT2D eigenvalue weighted by molar-refractivity contribution is 7.14. The first kappa shape index (κ1) is 14.6. The Bertz CT molecular complexity index is 541. The summed E-state index contributed by atoms with van der Waals surface area (Å²) in [6, 6.07) is 2.11. The molecule has 1 aliphatic carbocycles. The van der Waals surface area contributed by atoms with E-state index in [1.807, 2.05) is 4.90 Å². The molecule has 1 aromatic heterocycles. The summed E-state index contributed by atoms with van der Waals surface area (Å²) in [7, 11) is 0. The van der Waals surface area contributed by atoms with E-state index in [9.17, 15) is 4.79 Å². The van der Waals surface area contributed by atoms with Crippen molar-refractivity contribution in [3.8, 4) is 0 Å². The van der Waals surface area contributed by atoms with E-state index >= 15 is 0 Å². The second kappa shape index (κ2) is 6.18. The normalized spacial score (nSPS) is 24.1. The van der Waals surface area contributed by atoms with Crippen molar-refractivity contribution in [3.05, 3.63) is 21.4 Å². The van der Waals surface area contributed by atoms with Crippen LogP contribution in [0, 0.1) is 5.92 Å². The van der Waals surface area contributed by atoms with Gasteiger partial charge < -0.3 is 10.1 Å². The molecule has 0 saturated carbocycles. The Kier molecular flexibility index (Phi) is 4.29. The summed E-state index contributed by atoms with van der Waals surface area (Å²) >= 11 is 1.68. The van der Waals surface area contributed by atoms with Gasteiger partial charge in [-0.1, -0.05) is 12.1 Å². The van der Waals surface area contributed by atoms with Gasteiger partial charge >= 0.3 is 0 Å². The number of aryl methyl sites for hydroxylation is 2. The summed E-state index contributed by atoms with van der Waals surface area (Å²) in [6.07, 6.45) is 6.34. The van der Waals surface area contributed by atoms with Gasteiger partial charge in [-0.3, -0.25) is 4.79 Å². The van der Waals surface area contributed by atoms with Crippen molar-refractivity contribution in [2.75, 3.05) is 13.1 Å². The number of hydrogen-bond acceptors (Lipinski definition) is 4. The number of carbonyl (C=O) groups excluding carboxylic acids is 1. The summed E-state index contributed by atoms with van der Waals surface area (Å²) < 4.78 is 0. The molecule has 0 bridgehead atoms. The van der Waals surface area contributed by atoms with Gasteiger partial charge in [-0.2, -0.15) is 0 Å². The Morgan fingerprint density at radius 1 is 1.43 bits per heavy atom. The molecule has 1 fully saturated rings. The molecule has 1 saturated heterocycles. The van der Waals surface area contributed by atoms with Crippen molar-refractivity contribution in [2.24, 2.45) is 11.1 Å². The smallest absolute Gasteiger partial charge is 0.263 e. The number of piperidine rings is 1. The van der Waals surface area contributed by atoms with Crippen LogP contribution in [0.2, 0.25) is 0 Å². The fraction of sp³-hybridized carbons (Fsp3) is 0.625. The number of hydrogen-bond donors (Lipinski definition) is 1. The highest BCUT2D eigenvalue weighted by Gasteiger charge is 2.29. The first-order valence-electron chi connectivity index (χ1n) is 7.84. The van der Waals surface area contributed by atoms with Gasteiger partial charge in [-0.25, -0.2) is 0 Å². The Hall–Kier alpha value is -1.36. The van der Waals surface area contributed by atoms with Gasteiger partial charge in [0, 0.05) is 30.3 Å². The molecule has 4 nitrogen and oxygen atoms in total. The van der Waals surface area contributed by atoms with E-state index in [0.717, 1.165) is 29.9 Å². The van der Waals surface area contributed by atoms with Crippen LogP contribution in [-0.4, -0.2) is 34.8 Å². The van der Waals surface area contributed by atoms with E-state index in [2.05, 4.69) is 18.1 Å². The first-order valence-corrected chi connectivity index (χ1v) is 8.66. The Labute approximate surface area is 129 Å². The molecule has 114 valence electrons. The zero-order chi connectivity index (χ0) is 14.8. The molecule has 1 N–H and O–H groups in total. The summed E-state index contributed by atoms with van der Waals surface area (Å²) in [6.45, 7) is 3.42. The summed E-state index contributed by atoms with van der Waals surface area (Å²) in [5.74, 6) is 0.354. The van der Waals surface area contributed by atoms with Crippen molar-refractivity contribution in [1.82, 2.24) is 4.90 Å². The second-order valence-corrected chi connectivity index (χ2v) is 7.10. The zero-order valence-electron chi connectivity index (χ0n) is 12.5. The maximum Gasteiger partial charge on any atom is 0.263 e. The van der Waals surface area contributed by atoms with Crippen LogP contribution in [0.1, 0.15) is 52.7 Å². The lowest BCUT2D eigenvalue weighted by Gasteiger charge is -2.32. The highest BCUT2D eigenvalue weighted by atomic mass is 32.1. The molecular formula is C16H22N2O2S. The predicted octanol–water partition coefficient (Wildman–Crippen LogP) is 3.33. The van der Waals surface area contributed by atoms with E-state index < -0.39 is 0 Å². The fourth-order valence-corrected chi connectivity index (χ4v) is 4.57. The van der Waals surface area contributed by atoms with Crippen LogP contribution < -0.4 is 0 Å². The maximum atomic E-state index is 12.7. The van der Waals surface area contributed by atoms with E-state index in [-0.39, 0.29) is 11.8 Å². The molecule has 1 atom stereocenters. The molecule has 5 heteroatoms. The summed E-state index contributed by atoms with van der Waals surface area (Å²) in [5, 5.41) is 12.4. The van der Waals surface area contributed by atoms with Crippen molar-refractivity contribution in [3.63, 3.8) is 0 Å². The number of rotatable bonds is 2. The molecule has 3 rings (SSSR count). The molecule has 0 aromatic carbocycles. The number of carbonyl (C=O) groups is 1. The van der Waals surface area contributed by atoms with Crippen LogP contribution >= 0.6 is 11.3 Å². The Morgan fingerprint density at radius 2 is 2.24 bits per heavy atom. The average molecular weight is 306 g/mol. The third kappa shape index (κ3) is 2.84. The topological polar surface area (TPSA) is 52.9 Å². The number of fused-ring (bicyclic) bond motifs is 1. The molecule has 2 aliphatic rings. The van der Waals surface area contributed by atoms with Crippen molar-refractivity contribution < 1.29 is 10.0 Å². The quantitative estimate of drug-likeness (QED) is 0.673. The van der Waals surface area contributed by atoms with E-state index in [4.69, 9.17) is 5.21 Å². The van der Waals surface area contributed by atoms with Crippen LogP contribution in [0.4, 0.5) is 0 Å². The first-order chi connectivity index (χ1) is 10.2. The summed E-state index contributed by atoms with van der Waals surface area (Å²) in [4.78, 5) is 16.9. The average Bonchev–Trinajstić information content (AvgIpc) is 2.97. The lowest BCUT2D eigenvalue weighted by atomic mass is 9.93. The summed E-state index contributed by atoms with van der Waals surface area (Å²) in [5.41, 5.74) is 2.23. The lowest BCUT2D eigenvalue weighted by Crippen LogP contribution is -2.43. The highest BCUT2D eigenvalue weighted by Crippen LogP contribution is 2.31. The van der Waals surface area contributed by atoms with Gasteiger partial charge in [0.05, 0.1) is 10.6 Å². The van der Waals surface area contributed by atoms with Crippen LogP contribution in [0.15, 0.2) is 11.2 Å². The number of likely N-dealkylation sites (tertiary alicyclic amines) is 1. The maximum absolute atomic E-state index is 12.7. The van der Waals surface area contributed by atoms with Crippen molar-refractivity contribution in [1.29, 1.82) is 0 Å². The molecule has 1 aliphatic heterocycles. The third-order valence-corrected chi connectivity index (χ3v) is 5.89. The van der Waals surface area contributed by atoms with Crippen molar-refractivity contribution >= 4 is 23.0 Å². The van der Waals surface area contributed by atoms with Gasteiger partial charge in [0.2, 0.25) is 0 Å². The van der Waals surface area contributed by atoms with Crippen LogP contribution in [-0.2, 0) is 12.8 Å². The van der Waals surface area contributed by atoms with Crippen molar-refractivity contribution in [2.45, 2.75) is 45.4 Å². The van der Waals surface area contributed by atoms with Gasteiger partial charge in [-0.15, -0.1) is 11.3 Å². The molecule has 1 unspecified atom stereocenters. The van der Waals surface area contributed by atoms with E-state index in [0.29, 0.717) is 19.5 Å². The molecule has 0 spiro atoms. The van der Waals surface area contributed by atoms with Gasteiger partial charge in [0.1, 0.15) is 0 Å². The number of amides is 1. The standard InChI is InChI=1S/C16H22N2O2S/c1-2-11-10-18(8-7-13(11)17-20)16(19)15-9-12-5-3-4-6-14(12)21-15/h9,11,20H,2-8,10H2,1H3. The van der Waals surface area contributed by atoms with Gasteiger partial charge in [0.15, 0.2) is 0 Å². The minimum Gasteiger partial charge on any atom is -0.411 e. The number of oxime groups is 1. The largest absolute Gasteiger partial charge is 0.411 e. The molecule has 1 amide bonds. The minimum absolute atomic E-state index is 0.157. The van der Waals surface area contributed by atoms with E-state index in [1.54, 1.807) is 11.3 Å². The molecule has 2 heterocycles. The molecule has 1 aromatic rings. The predicted molar refractivity (Wildman–Crippen MR) is 84.5 cm³/mol. The van der Waals surface area contributed by atoms with Gasteiger partial charge in [-0.05, 0) is 43.7 Å². The molecule has 0 radical (unpaired) electrons. The Balaban J connectivity index is 1.75. The van der Waals surface area contributed by atoms with Gasteiger partial charge in [0.25, 0.3) is 5.91 Å². The molecular weight excluding hydrogens is 284 g/mol. The van der Waals surface area contributed by atoms with E-state index in [1.165, 1.54) is 23.3 Å². The zero-order valence-corrected chi connectivity index (χ0v) is 13.3. The Morgan fingerprint density at radius 3 is 2.95 bits per heavy atom. The van der Waals surface area contributed by atoms with Crippen LogP contribution in [0.5, 0.6) is 0 Å². The van der Waals surface area contributed by atoms with Crippen LogP contribution in [0.3, 0.4) is 0 Å². The fourth-order valence-electron chi connectivity index (χ4n) is 3.35. The minimum atomic E-state index is 0.157. The lowest BCUT2D eigenvalue weighted by molar-refractivity contribution is 0.0734. The van der Waals surface area contributed by atoms with Crippen LogP contribution in [0.25, 0.3) is 0 Å². The second-order valence-electron chi connectivity index (χ2n) is 5.96. The third-order valence-electron chi connectivity index (χ3n) is 4.67. The SMILES string of the molecule is CCC1CN(C(=O)c2cc3c(s2)CCCC3)CCC1=NO. The number of nitrogens with zero attached hydrogens (tertiary/aromatic N) is 2. The number of thiophene rings is 1. The molecule has 21 heavy (non-hydrogen) atoms.